The van der Waals surface area contributed by atoms with E-state index >= 15 is 0 Å². The number of halogens is 2. The van der Waals surface area contributed by atoms with Crippen LogP contribution >= 0.6 is 11.6 Å². The second kappa shape index (κ2) is 6.39. The zero-order valence-electron chi connectivity index (χ0n) is 12.5. The number of hydrogen-bond acceptors (Lipinski definition) is 2. The number of carbonyl (C=O) groups excluding carboxylic acids is 1. The van der Waals surface area contributed by atoms with Gasteiger partial charge in [-0.25, -0.2) is 9.18 Å². The average Bonchev–Trinajstić information content (AvgIpc) is 2.86. The van der Waals surface area contributed by atoms with Gasteiger partial charge in [-0.3, -0.25) is 0 Å². The number of allylic oxidation sites excluding steroid dienone is 2. The molecular formula is C19H14ClFO2. The number of benzene rings is 2. The van der Waals surface area contributed by atoms with Gasteiger partial charge in [-0.05, 0) is 65.1 Å². The first-order valence-electron chi connectivity index (χ1n) is 7.25. The van der Waals surface area contributed by atoms with Crippen LogP contribution in [-0.2, 0) is 9.53 Å². The molecule has 3 rings (SSSR count). The number of rotatable bonds is 3. The molecule has 0 saturated carbocycles. The smallest absolute Gasteiger partial charge is 0.331 e. The second-order valence-corrected chi connectivity index (χ2v) is 5.54. The molecule has 0 N–H and O–H groups in total. The van der Waals surface area contributed by atoms with E-state index in [1.165, 1.54) is 18.2 Å². The van der Waals surface area contributed by atoms with Crippen molar-refractivity contribution in [2.24, 2.45) is 0 Å². The molecule has 116 valence electrons. The van der Waals surface area contributed by atoms with Gasteiger partial charge < -0.3 is 4.74 Å². The minimum Gasteiger partial charge on any atom is -0.463 e. The van der Waals surface area contributed by atoms with Crippen LogP contribution in [0, 0.1) is 5.82 Å². The van der Waals surface area contributed by atoms with Gasteiger partial charge in [0.1, 0.15) is 5.82 Å². The zero-order valence-corrected chi connectivity index (χ0v) is 13.2. The highest BCUT2D eigenvalue weighted by atomic mass is 35.5. The van der Waals surface area contributed by atoms with E-state index in [9.17, 15) is 9.18 Å². The summed E-state index contributed by atoms with van der Waals surface area (Å²) in [6.45, 7) is 2.07. The molecule has 4 heteroatoms. The standard InChI is InChI=1S/C19H14ClFO2/c1-2-23-19(22)11-18-16-8-5-14(20)9-13(16)10-17(18)12-3-6-15(21)7-4-12/h3-11H,2H2,1H3/b18-11+. The molecule has 0 aliphatic heterocycles. The lowest BCUT2D eigenvalue weighted by Crippen LogP contribution is -2.01. The van der Waals surface area contributed by atoms with E-state index in [0.717, 1.165) is 27.8 Å². The fourth-order valence-corrected chi connectivity index (χ4v) is 2.78. The van der Waals surface area contributed by atoms with Crippen molar-refractivity contribution < 1.29 is 13.9 Å². The van der Waals surface area contributed by atoms with Gasteiger partial charge in [0.05, 0.1) is 6.61 Å². The SMILES string of the molecule is CCOC(=O)/C=C1/C(c2ccc(F)cc2)=Cc2cc(Cl)ccc21. The third kappa shape index (κ3) is 3.20. The normalized spacial score (nSPS) is 14.6. The van der Waals surface area contributed by atoms with Crippen molar-refractivity contribution in [3.05, 3.63) is 76.1 Å². The molecule has 0 heterocycles. The molecule has 2 nitrogen and oxygen atoms in total. The van der Waals surface area contributed by atoms with Gasteiger partial charge in [0, 0.05) is 11.1 Å². The van der Waals surface area contributed by atoms with Crippen molar-refractivity contribution in [1.29, 1.82) is 0 Å². The number of esters is 1. The fourth-order valence-electron chi connectivity index (χ4n) is 2.60. The molecule has 0 radical (unpaired) electrons. The van der Waals surface area contributed by atoms with Crippen molar-refractivity contribution in [2.75, 3.05) is 6.61 Å². The maximum atomic E-state index is 13.2. The zero-order chi connectivity index (χ0) is 16.4. The van der Waals surface area contributed by atoms with Crippen molar-refractivity contribution in [2.45, 2.75) is 6.92 Å². The summed E-state index contributed by atoms with van der Waals surface area (Å²) < 4.78 is 18.2. The monoisotopic (exact) mass is 328 g/mol. The predicted molar refractivity (Wildman–Crippen MR) is 90.3 cm³/mol. The Kier molecular flexibility index (Phi) is 4.30. The molecule has 2 aromatic rings. The molecular weight excluding hydrogens is 315 g/mol. The molecule has 0 unspecified atom stereocenters. The van der Waals surface area contributed by atoms with Crippen LogP contribution < -0.4 is 0 Å². The summed E-state index contributed by atoms with van der Waals surface area (Å²) in [6, 6.07) is 11.7. The van der Waals surface area contributed by atoms with Crippen molar-refractivity contribution in [3.63, 3.8) is 0 Å². The lowest BCUT2D eigenvalue weighted by molar-refractivity contribution is -0.137. The van der Waals surface area contributed by atoms with E-state index in [-0.39, 0.29) is 5.82 Å². The maximum absolute atomic E-state index is 13.2. The van der Waals surface area contributed by atoms with E-state index in [1.807, 2.05) is 18.2 Å². The summed E-state index contributed by atoms with van der Waals surface area (Å²) in [7, 11) is 0. The Bertz CT molecular complexity index is 820. The average molecular weight is 329 g/mol. The Hall–Kier alpha value is -2.39. The van der Waals surface area contributed by atoms with Crippen molar-refractivity contribution in [3.8, 4) is 0 Å². The number of hydrogen-bond donors (Lipinski definition) is 0. The molecule has 0 spiro atoms. The molecule has 0 bridgehead atoms. The highest BCUT2D eigenvalue weighted by molar-refractivity contribution is 6.31. The molecule has 0 saturated heterocycles. The van der Waals surface area contributed by atoms with E-state index in [2.05, 4.69) is 0 Å². The van der Waals surface area contributed by atoms with Gasteiger partial charge in [0.15, 0.2) is 0 Å². The van der Waals surface area contributed by atoms with Crippen LogP contribution in [0.2, 0.25) is 5.02 Å². The minimum absolute atomic E-state index is 0.302. The van der Waals surface area contributed by atoms with Gasteiger partial charge in [-0.1, -0.05) is 29.8 Å². The van der Waals surface area contributed by atoms with Gasteiger partial charge in [0.2, 0.25) is 0 Å². The lowest BCUT2D eigenvalue weighted by atomic mass is 9.97. The summed E-state index contributed by atoms with van der Waals surface area (Å²) in [4.78, 5) is 11.9. The first kappa shape index (κ1) is 15.5. The quantitative estimate of drug-likeness (QED) is 0.586. The van der Waals surface area contributed by atoms with E-state index in [1.54, 1.807) is 25.1 Å². The Morgan fingerprint density at radius 1 is 1.22 bits per heavy atom. The molecule has 0 amide bonds. The van der Waals surface area contributed by atoms with Crippen LogP contribution in [0.1, 0.15) is 23.6 Å². The molecule has 0 atom stereocenters. The van der Waals surface area contributed by atoms with E-state index < -0.39 is 5.97 Å². The molecule has 0 fully saturated rings. The third-order valence-corrected chi connectivity index (χ3v) is 3.83. The highest BCUT2D eigenvalue weighted by Crippen LogP contribution is 2.42. The molecule has 2 aromatic carbocycles. The van der Waals surface area contributed by atoms with Gasteiger partial charge in [-0.2, -0.15) is 0 Å². The molecule has 23 heavy (non-hydrogen) atoms. The lowest BCUT2D eigenvalue weighted by Gasteiger charge is -2.08. The molecule has 1 aliphatic carbocycles. The third-order valence-electron chi connectivity index (χ3n) is 3.60. The Morgan fingerprint density at radius 3 is 2.65 bits per heavy atom. The van der Waals surface area contributed by atoms with E-state index in [4.69, 9.17) is 16.3 Å². The second-order valence-electron chi connectivity index (χ2n) is 5.11. The topological polar surface area (TPSA) is 26.3 Å². The van der Waals surface area contributed by atoms with Crippen LogP contribution in [0.25, 0.3) is 17.2 Å². The maximum Gasteiger partial charge on any atom is 0.331 e. The Labute approximate surface area is 138 Å². The van der Waals surface area contributed by atoms with Crippen molar-refractivity contribution >= 4 is 34.8 Å². The Balaban J connectivity index is 2.11. The summed E-state index contributed by atoms with van der Waals surface area (Å²) in [5.41, 5.74) is 4.25. The largest absolute Gasteiger partial charge is 0.463 e. The highest BCUT2D eigenvalue weighted by Gasteiger charge is 2.21. The first-order valence-corrected chi connectivity index (χ1v) is 7.62. The van der Waals surface area contributed by atoms with Gasteiger partial charge >= 0.3 is 5.97 Å². The number of ether oxygens (including phenoxy) is 1. The van der Waals surface area contributed by atoms with Crippen LogP contribution in [0.3, 0.4) is 0 Å². The van der Waals surface area contributed by atoms with Crippen molar-refractivity contribution in [1.82, 2.24) is 0 Å². The predicted octanol–water partition coefficient (Wildman–Crippen LogP) is 4.98. The number of fused-ring (bicyclic) bond motifs is 1. The van der Waals surface area contributed by atoms with Crippen LogP contribution in [0.15, 0.2) is 48.5 Å². The summed E-state index contributed by atoms with van der Waals surface area (Å²) in [5, 5.41) is 0.621. The first-order chi connectivity index (χ1) is 11.1. The van der Waals surface area contributed by atoms with Gasteiger partial charge in [-0.15, -0.1) is 0 Å². The van der Waals surface area contributed by atoms with Gasteiger partial charge in [0.25, 0.3) is 0 Å². The number of carbonyl (C=O) groups is 1. The van der Waals surface area contributed by atoms with E-state index in [0.29, 0.717) is 11.6 Å². The summed E-state index contributed by atoms with van der Waals surface area (Å²) in [6.07, 6.45) is 3.41. The molecule has 1 aliphatic rings. The van der Waals surface area contributed by atoms with Crippen LogP contribution in [0.5, 0.6) is 0 Å². The molecule has 0 aromatic heterocycles. The fraction of sp³-hybridized carbons (Fsp3) is 0.105. The Morgan fingerprint density at radius 2 is 1.96 bits per heavy atom. The van der Waals surface area contributed by atoms with Crippen LogP contribution in [0.4, 0.5) is 4.39 Å². The summed E-state index contributed by atoms with van der Waals surface area (Å²) in [5.74, 6) is -0.706. The minimum atomic E-state index is -0.404. The van der Waals surface area contributed by atoms with Crippen LogP contribution in [-0.4, -0.2) is 12.6 Å². The summed E-state index contributed by atoms with van der Waals surface area (Å²) >= 11 is 6.05.